The lowest BCUT2D eigenvalue weighted by Crippen LogP contribution is -2.39. The van der Waals surface area contributed by atoms with Crippen LogP contribution in [0.1, 0.15) is 23.1 Å². The van der Waals surface area contributed by atoms with E-state index < -0.39 is 0 Å². The lowest BCUT2D eigenvalue weighted by Gasteiger charge is -2.34. The van der Waals surface area contributed by atoms with Crippen molar-refractivity contribution in [3.63, 3.8) is 0 Å². The second kappa shape index (κ2) is 5.59. The number of morpholine rings is 1. The molecule has 1 saturated heterocycles. The highest BCUT2D eigenvalue weighted by Crippen LogP contribution is 2.25. The van der Waals surface area contributed by atoms with Gasteiger partial charge >= 0.3 is 0 Å². The number of fused-ring (bicyclic) bond motifs is 1. The minimum atomic E-state index is 0.196. The smallest absolute Gasteiger partial charge is 0.126 e. The number of nitrogens with one attached hydrogen (secondary N) is 2. The number of imidazole rings is 1. The Kier molecular flexibility index (Phi) is 3.44. The summed E-state index contributed by atoms with van der Waals surface area (Å²) in [4.78, 5) is 13.6. The molecular weight excluding hydrogens is 276 g/mol. The number of hydrogen-bond acceptors (Lipinski definition) is 3. The Morgan fingerprint density at radius 3 is 3.18 bits per heavy atom. The van der Waals surface area contributed by atoms with Gasteiger partial charge in [-0.2, -0.15) is 0 Å². The van der Waals surface area contributed by atoms with E-state index in [9.17, 15) is 0 Å². The second-order valence-electron chi connectivity index (χ2n) is 5.91. The Hall–Kier alpha value is -2.11. The van der Waals surface area contributed by atoms with Crippen LogP contribution in [0.25, 0.3) is 10.9 Å². The topological polar surface area (TPSA) is 56.9 Å². The van der Waals surface area contributed by atoms with E-state index in [1.807, 2.05) is 19.3 Å². The SMILES string of the molecule is Cc1cnc(C2COCCN2Cc2ccc3cc[nH]c3c2)[nH]1. The first-order valence-corrected chi connectivity index (χ1v) is 7.69. The van der Waals surface area contributed by atoms with Crippen LogP contribution in [-0.4, -0.2) is 39.6 Å². The summed E-state index contributed by atoms with van der Waals surface area (Å²) >= 11 is 0. The van der Waals surface area contributed by atoms with E-state index in [1.54, 1.807) is 0 Å². The van der Waals surface area contributed by atoms with Gasteiger partial charge in [-0.15, -0.1) is 0 Å². The first kappa shape index (κ1) is 13.5. The molecule has 1 fully saturated rings. The molecule has 5 nitrogen and oxygen atoms in total. The number of ether oxygens (including phenoxy) is 1. The van der Waals surface area contributed by atoms with Crippen LogP contribution >= 0.6 is 0 Å². The Morgan fingerprint density at radius 2 is 2.32 bits per heavy atom. The Balaban J connectivity index is 1.58. The molecule has 3 heterocycles. The highest BCUT2D eigenvalue weighted by atomic mass is 16.5. The normalized spacial score (nSPS) is 19.8. The molecule has 1 aliphatic rings. The molecule has 2 aromatic heterocycles. The van der Waals surface area contributed by atoms with Gasteiger partial charge in [-0.3, -0.25) is 4.90 Å². The summed E-state index contributed by atoms with van der Waals surface area (Å²) in [5.74, 6) is 0.998. The van der Waals surface area contributed by atoms with Crippen LogP contribution in [0.3, 0.4) is 0 Å². The van der Waals surface area contributed by atoms with Crippen molar-refractivity contribution >= 4 is 10.9 Å². The predicted molar refractivity (Wildman–Crippen MR) is 85.6 cm³/mol. The minimum Gasteiger partial charge on any atom is -0.378 e. The number of nitrogens with zero attached hydrogens (tertiary/aromatic N) is 2. The van der Waals surface area contributed by atoms with Gasteiger partial charge in [-0.1, -0.05) is 12.1 Å². The van der Waals surface area contributed by atoms with Gasteiger partial charge in [0.15, 0.2) is 0 Å². The molecule has 3 aromatic rings. The summed E-state index contributed by atoms with van der Waals surface area (Å²) in [6.07, 6.45) is 3.87. The first-order chi connectivity index (χ1) is 10.8. The van der Waals surface area contributed by atoms with Crippen molar-refractivity contribution in [3.05, 3.63) is 53.7 Å². The van der Waals surface area contributed by atoms with Gasteiger partial charge in [0.1, 0.15) is 5.82 Å². The fraction of sp³-hybridized carbons (Fsp3) is 0.353. The van der Waals surface area contributed by atoms with E-state index in [-0.39, 0.29) is 6.04 Å². The Labute approximate surface area is 129 Å². The number of H-pyrrole nitrogens is 2. The van der Waals surface area contributed by atoms with Crippen molar-refractivity contribution in [3.8, 4) is 0 Å². The van der Waals surface area contributed by atoms with Crippen LogP contribution in [0.5, 0.6) is 0 Å². The highest BCUT2D eigenvalue weighted by molar-refractivity contribution is 5.79. The Morgan fingerprint density at radius 1 is 1.36 bits per heavy atom. The summed E-state index contributed by atoms with van der Waals surface area (Å²) < 4.78 is 5.66. The van der Waals surface area contributed by atoms with Crippen LogP contribution in [0.4, 0.5) is 0 Å². The van der Waals surface area contributed by atoms with Gasteiger partial charge in [0, 0.05) is 36.7 Å². The number of aromatic nitrogens is 3. The van der Waals surface area contributed by atoms with Crippen molar-refractivity contribution in [2.75, 3.05) is 19.8 Å². The van der Waals surface area contributed by atoms with E-state index >= 15 is 0 Å². The number of hydrogen-bond donors (Lipinski definition) is 2. The third kappa shape index (κ3) is 2.53. The van der Waals surface area contributed by atoms with E-state index in [2.05, 4.69) is 44.1 Å². The standard InChI is InChI=1S/C17H20N4O/c1-12-9-19-17(20-12)16-11-22-7-6-21(16)10-13-2-3-14-4-5-18-15(14)8-13/h2-5,8-9,16,18H,6-7,10-11H2,1H3,(H,19,20). The zero-order valence-corrected chi connectivity index (χ0v) is 12.7. The van der Waals surface area contributed by atoms with E-state index in [4.69, 9.17) is 4.74 Å². The zero-order chi connectivity index (χ0) is 14.9. The molecule has 1 aromatic carbocycles. The maximum absolute atomic E-state index is 5.66. The molecule has 0 spiro atoms. The van der Waals surface area contributed by atoms with Gasteiger partial charge in [0.2, 0.25) is 0 Å². The summed E-state index contributed by atoms with van der Waals surface area (Å²) in [7, 11) is 0. The molecule has 1 atom stereocenters. The predicted octanol–water partition coefficient (Wildman–Crippen LogP) is 2.77. The van der Waals surface area contributed by atoms with Crippen molar-refractivity contribution in [2.24, 2.45) is 0 Å². The Bertz CT molecular complexity index is 776. The lowest BCUT2D eigenvalue weighted by atomic mass is 10.1. The van der Waals surface area contributed by atoms with Crippen LogP contribution in [0.15, 0.2) is 36.7 Å². The molecule has 2 N–H and O–H groups in total. The monoisotopic (exact) mass is 296 g/mol. The summed E-state index contributed by atoms with van der Waals surface area (Å²) in [6.45, 7) is 5.33. The minimum absolute atomic E-state index is 0.196. The molecule has 0 bridgehead atoms. The highest BCUT2D eigenvalue weighted by Gasteiger charge is 2.26. The molecule has 22 heavy (non-hydrogen) atoms. The zero-order valence-electron chi connectivity index (χ0n) is 12.7. The van der Waals surface area contributed by atoms with Crippen LogP contribution in [0, 0.1) is 6.92 Å². The number of aromatic amines is 2. The van der Waals surface area contributed by atoms with Crippen LogP contribution in [-0.2, 0) is 11.3 Å². The summed E-state index contributed by atoms with van der Waals surface area (Å²) in [6, 6.07) is 8.91. The maximum atomic E-state index is 5.66. The average Bonchev–Trinajstić information content (AvgIpc) is 3.16. The lowest BCUT2D eigenvalue weighted by molar-refractivity contribution is -0.0156. The van der Waals surface area contributed by atoms with Gasteiger partial charge in [0.05, 0.1) is 19.3 Å². The quantitative estimate of drug-likeness (QED) is 0.781. The third-order valence-electron chi connectivity index (χ3n) is 4.28. The average molecular weight is 296 g/mol. The molecule has 0 radical (unpaired) electrons. The third-order valence-corrected chi connectivity index (χ3v) is 4.28. The molecule has 114 valence electrons. The first-order valence-electron chi connectivity index (χ1n) is 7.69. The van der Waals surface area contributed by atoms with Crippen molar-refractivity contribution in [1.29, 1.82) is 0 Å². The molecule has 1 unspecified atom stereocenters. The van der Waals surface area contributed by atoms with Gasteiger partial charge < -0.3 is 14.7 Å². The maximum Gasteiger partial charge on any atom is 0.126 e. The fourth-order valence-electron chi connectivity index (χ4n) is 3.11. The second-order valence-corrected chi connectivity index (χ2v) is 5.91. The molecule has 0 aliphatic carbocycles. The summed E-state index contributed by atoms with van der Waals surface area (Å²) in [5.41, 5.74) is 3.59. The molecule has 0 amide bonds. The van der Waals surface area contributed by atoms with Crippen LogP contribution in [0.2, 0.25) is 0 Å². The summed E-state index contributed by atoms with van der Waals surface area (Å²) in [5, 5.41) is 1.25. The van der Waals surface area contributed by atoms with Crippen LogP contribution < -0.4 is 0 Å². The molecule has 0 saturated carbocycles. The van der Waals surface area contributed by atoms with E-state index in [0.29, 0.717) is 6.61 Å². The molecular formula is C17H20N4O. The largest absolute Gasteiger partial charge is 0.378 e. The van der Waals surface area contributed by atoms with Gasteiger partial charge in [0.25, 0.3) is 0 Å². The van der Waals surface area contributed by atoms with Gasteiger partial charge in [-0.05, 0) is 30.0 Å². The van der Waals surface area contributed by atoms with Crippen molar-refractivity contribution in [1.82, 2.24) is 19.9 Å². The number of benzene rings is 1. The van der Waals surface area contributed by atoms with E-state index in [0.717, 1.165) is 31.2 Å². The molecule has 1 aliphatic heterocycles. The number of aryl methyl sites for hydroxylation is 1. The van der Waals surface area contributed by atoms with Crippen molar-refractivity contribution in [2.45, 2.75) is 19.5 Å². The number of rotatable bonds is 3. The van der Waals surface area contributed by atoms with Crippen molar-refractivity contribution < 1.29 is 4.74 Å². The fourth-order valence-corrected chi connectivity index (χ4v) is 3.11. The van der Waals surface area contributed by atoms with Gasteiger partial charge in [-0.25, -0.2) is 4.98 Å². The van der Waals surface area contributed by atoms with E-state index in [1.165, 1.54) is 16.5 Å². The molecule has 4 rings (SSSR count). The molecule has 5 heteroatoms.